The van der Waals surface area contributed by atoms with Crippen LogP contribution in [0.2, 0.25) is 0 Å². The zero-order chi connectivity index (χ0) is 27.8. The minimum absolute atomic E-state index is 0.131. The van der Waals surface area contributed by atoms with Crippen LogP contribution in [-0.4, -0.2) is 34.3 Å². The van der Waals surface area contributed by atoms with E-state index in [1.54, 1.807) is 36.7 Å². The van der Waals surface area contributed by atoms with Gasteiger partial charge in [-0.1, -0.05) is 18.6 Å². The van der Waals surface area contributed by atoms with Gasteiger partial charge in [-0.15, -0.1) is 0 Å². The Morgan fingerprint density at radius 3 is 2.54 bits per heavy atom. The predicted molar refractivity (Wildman–Crippen MR) is 153 cm³/mol. The lowest BCUT2D eigenvalue weighted by Crippen LogP contribution is -2.33. The van der Waals surface area contributed by atoms with E-state index < -0.39 is 10.0 Å². The third kappa shape index (κ3) is 6.06. The molecule has 0 saturated heterocycles. The van der Waals surface area contributed by atoms with Crippen molar-refractivity contribution in [1.29, 1.82) is 0 Å². The molecule has 1 fully saturated rings. The van der Waals surface area contributed by atoms with Gasteiger partial charge in [-0.2, -0.15) is 5.10 Å². The number of pyridine rings is 1. The number of aryl methyl sites for hydroxylation is 1. The van der Waals surface area contributed by atoms with Gasteiger partial charge in [-0.3, -0.25) is 19.2 Å². The summed E-state index contributed by atoms with van der Waals surface area (Å²) < 4.78 is 36.0. The maximum atomic E-state index is 12.6. The maximum Gasteiger partial charge on any atom is 0.235 e. The van der Waals surface area contributed by atoms with Gasteiger partial charge in [0.1, 0.15) is 11.5 Å². The molecule has 0 atom stereocenters. The predicted octanol–water partition coefficient (Wildman–Crippen LogP) is 5.76. The number of nitrogens with one attached hydrogen (secondary N) is 2. The second-order valence-corrected chi connectivity index (χ2v) is 13.0. The molecule has 2 heterocycles. The minimum atomic E-state index is -3.41. The molecule has 39 heavy (non-hydrogen) atoms. The van der Waals surface area contributed by atoms with Crippen molar-refractivity contribution < 1.29 is 17.9 Å². The number of rotatable bonds is 8. The lowest BCUT2D eigenvalue weighted by Gasteiger charge is -2.25. The third-order valence-corrected chi connectivity index (χ3v) is 8.70. The van der Waals surface area contributed by atoms with Crippen LogP contribution in [-0.2, 0) is 26.8 Å². The van der Waals surface area contributed by atoms with Gasteiger partial charge in [0.05, 0.1) is 34.6 Å². The van der Waals surface area contributed by atoms with E-state index in [9.17, 15) is 13.2 Å². The average Bonchev–Trinajstić information content (AvgIpc) is 3.28. The standard InChI is InChI=1S/C29H33N5O4S/c1-19-14-20(15-28(35)32-22-17-31-34(18-22)29(2,3)4)8-11-26(19)38-27-12-13-30-25-10-9-21(16-24(25)27)33-39(36,37)23-6-5-7-23/h8-14,16-18,23,33H,5-7,15H2,1-4H3,(H,32,35). The van der Waals surface area contributed by atoms with E-state index >= 15 is 0 Å². The smallest absolute Gasteiger partial charge is 0.235 e. The molecule has 2 N–H and O–H groups in total. The molecule has 2 aromatic carbocycles. The van der Waals surface area contributed by atoms with Crippen molar-refractivity contribution in [3.05, 3.63) is 72.2 Å². The molecular formula is C29H33N5O4S. The summed E-state index contributed by atoms with van der Waals surface area (Å²) in [7, 11) is -3.41. The normalized spacial score (nSPS) is 14.2. The van der Waals surface area contributed by atoms with Crippen LogP contribution >= 0.6 is 0 Å². The number of carbonyl (C=O) groups excluding carboxylic acids is 1. The van der Waals surface area contributed by atoms with Crippen LogP contribution in [0.15, 0.2) is 61.1 Å². The second-order valence-electron chi connectivity index (χ2n) is 11.0. The summed E-state index contributed by atoms with van der Waals surface area (Å²) in [4.78, 5) is 17.0. The monoisotopic (exact) mass is 547 g/mol. The lowest BCUT2D eigenvalue weighted by atomic mass is 10.0. The van der Waals surface area contributed by atoms with Gasteiger partial charge < -0.3 is 10.1 Å². The highest BCUT2D eigenvalue weighted by Crippen LogP contribution is 2.34. The van der Waals surface area contributed by atoms with E-state index in [1.165, 1.54) is 0 Å². The summed E-state index contributed by atoms with van der Waals surface area (Å²) >= 11 is 0. The van der Waals surface area contributed by atoms with Crippen LogP contribution in [0.5, 0.6) is 11.5 Å². The number of carbonyl (C=O) groups is 1. The minimum Gasteiger partial charge on any atom is -0.456 e. The summed E-state index contributed by atoms with van der Waals surface area (Å²) in [5.74, 6) is 1.07. The highest BCUT2D eigenvalue weighted by atomic mass is 32.2. The molecule has 0 radical (unpaired) electrons. The molecule has 2 aromatic heterocycles. The number of benzene rings is 2. The molecule has 1 aliphatic rings. The molecule has 0 unspecified atom stereocenters. The van der Waals surface area contributed by atoms with Gasteiger partial charge >= 0.3 is 0 Å². The van der Waals surface area contributed by atoms with Crippen LogP contribution in [0, 0.1) is 6.92 Å². The zero-order valence-corrected chi connectivity index (χ0v) is 23.4. The van der Waals surface area contributed by atoms with Gasteiger partial charge in [0.2, 0.25) is 15.9 Å². The molecular weight excluding hydrogens is 514 g/mol. The molecule has 1 aliphatic carbocycles. The number of hydrogen-bond donors (Lipinski definition) is 2. The number of amides is 1. The molecule has 0 bridgehead atoms. The highest BCUT2D eigenvalue weighted by molar-refractivity contribution is 7.93. The number of hydrogen-bond acceptors (Lipinski definition) is 6. The van der Waals surface area contributed by atoms with Crippen molar-refractivity contribution in [2.45, 2.75) is 64.2 Å². The largest absolute Gasteiger partial charge is 0.456 e. The van der Waals surface area contributed by atoms with Crippen LogP contribution in [0.25, 0.3) is 10.9 Å². The summed E-state index contributed by atoms with van der Waals surface area (Å²) in [5.41, 5.74) is 3.39. The highest BCUT2D eigenvalue weighted by Gasteiger charge is 2.31. The quantitative estimate of drug-likeness (QED) is 0.290. The Hall–Kier alpha value is -3.92. The molecule has 0 spiro atoms. The zero-order valence-electron chi connectivity index (χ0n) is 22.6. The number of ether oxygens (including phenoxy) is 1. The first-order valence-electron chi connectivity index (χ1n) is 13.0. The van der Waals surface area contributed by atoms with E-state index in [0.29, 0.717) is 46.6 Å². The Morgan fingerprint density at radius 1 is 1.08 bits per heavy atom. The van der Waals surface area contributed by atoms with Crippen LogP contribution in [0.1, 0.15) is 51.2 Å². The van der Waals surface area contributed by atoms with Gasteiger partial charge in [0, 0.05) is 23.5 Å². The first-order valence-corrected chi connectivity index (χ1v) is 14.6. The number of anilines is 2. The SMILES string of the molecule is Cc1cc(CC(=O)Nc2cnn(C(C)(C)C)c2)ccc1Oc1ccnc2ccc(NS(=O)(=O)C3CCC3)cc12. The molecule has 1 amide bonds. The topological polar surface area (TPSA) is 115 Å². The number of nitrogens with zero attached hydrogens (tertiary/aromatic N) is 3. The molecule has 204 valence electrons. The molecule has 1 saturated carbocycles. The van der Waals surface area contributed by atoms with E-state index in [0.717, 1.165) is 17.5 Å². The Kier molecular flexibility index (Phi) is 7.07. The van der Waals surface area contributed by atoms with E-state index in [2.05, 4.69) is 20.1 Å². The van der Waals surface area contributed by atoms with Crippen LogP contribution < -0.4 is 14.8 Å². The van der Waals surface area contributed by atoms with Crippen molar-refractivity contribution in [2.75, 3.05) is 10.0 Å². The third-order valence-electron chi connectivity index (χ3n) is 6.83. The fraction of sp³-hybridized carbons (Fsp3) is 0.345. The van der Waals surface area contributed by atoms with Crippen molar-refractivity contribution in [1.82, 2.24) is 14.8 Å². The van der Waals surface area contributed by atoms with Gasteiger partial charge in [0.15, 0.2) is 0 Å². The van der Waals surface area contributed by atoms with Crippen LogP contribution in [0.3, 0.4) is 0 Å². The summed E-state index contributed by atoms with van der Waals surface area (Å²) in [6.45, 7) is 8.06. The van der Waals surface area contributed by atoms with E-state index in [4.69, 9.17) is 4.74 Å². The molecule has 5 rings (SSSR count). The summed E-state index contributed by atoms with van der Waals surface area (Å²) in [5, 5.41) is 7.59. The molecule has 9 nitrogen and oxygen atoms in total. The fourth-order valence-corrected chi connectivity index (χ4v) is 5.98. The molecule has 0 aliphatic heterocycles. The molecule has 4 aromatic rings. The van der Waals surface area contributed by atoms with Gasteiger partial charge in [-0.05, 0) is 82.0 Å². The van der Waals surface area contributed by atoms with E-state index in [-0.39, 0.29) is 23.1 Å². The summed E-state index contributed by atoms with van der Waals surface area (Å²) in [6.07, 6.45) is 7.67. The van der Waals surface area contributed by atoms with Gasteiger partial charge in [-0.25, -0.2) is 8.42 Å². The van der Waals surface area contributed by atoms with Crippen molar-refractivity contribution in [3.8, 4) is 11.5 Å². The maximum absolute atomic E-state index is 12.6. The Bertz CT molecular complexity index is 1640. The van der Waals surface area contributed by atoms with Crippen LogP contribution in [0.4, 0.5) is 11.4 Å². The Labute approximate surface area is 228 Å². The first-order chi connectivity index (χ1) is 18.5. The summed E-state index contributed by atoms with van der Waals surface area (Å²) in [6, 6.07) is 12.6. The first kappa shape index (κ1) is 26.7. The van der Waals surface area contributed by atoms with Crippen molar-refractivity contribution >= 4 is 38.2 Å². The van der Waals surface area contributed by atoms with Crippen molar-refractivity contribution in [3.63, 3.8) is 0 Å². The Morgan fingerprint density at radius 2 is 1.87 bits per heavy atom. The number of aromatic nitrogens is 3. The fourth-order valence-electron chi connectivity index (χ4n) is 4.40. The van der Waals surface area contributed by atoms with Gasteiger partial charge in [0.25, 0.3) is 0 Å². The average molecular weight is 548 g/mol. The lowest BCUT2D eigenvalue weighted by molar-refractivity contribution is -0.115. The number of fused-ring (bicyclic) bond motifs is 1. The number of sulfonamides is 1. The molecule has 10 heteroatoms. The second kappa shape index (κ2) is 10.3. The Balaban J connectivity index is 1.29. The van der Waals surface area contributed by atoms with E-state index in [1.807, 2.05) is 56.8 Å². The van der Waals surface area contributed by atoms with Crippen molar-refractivity contribution in [2.24, 2.45) is 0 Å².